The van der Waals surface area contributed by atoms with Crippen molar-refractivity contribution in [2.75, 3.05) is 0 Å². The number of allylic oxidation sites excluding steroid dienone is 1. The van der Waals surface area contributed by atoms with E-state index in [0.717, 1.165) is 0 Å². The third-order valence-corrected chi connectivity index (χ3v) is 1.30. The van der Waals surface area contributed by atoms with Crippen LogP contribution in [-0.2, 0) is 0 Å². The quantitative estimate of drug-likeness (QED) is 0.537. The van der Waals surface area contributed by atoms with Gasteiger partial charge in [0.05, 0.1) is 0 Å². The standard InChI is InChI=1S/C8H11N/c1-3-6-9-7-4-5-8(9)2/h3-7H,1-2H3/b6-3-. The Kier molecular flexibility index (Phi) is 1.73. The van der Waals surface area contributed by atoms with Gasteiger partial charge in [-0.05, 0) is 26.0 Å². The van der Waals surface area contributed by atoms with Gasteiger partial charge in [0.25, 0.3) is 0 Å². The molecule has 1 rings (SSSR count). The summed E-state index contributed by atoms with van der Waals surface area (Å²) in [6.45, 7) is 4.10. The smallest absolute Gasteiger partial charge is 0.0189 e. The van der Waals surface area contributed by atoms with Crippen LogP contribution >= 0.6 is 0 Å². The van der Waals surface area contributed by atoms with E-state index >= 15 is 0 Å². The van der Waals surface area contributed by atoms with Gasteiger partial charge in [0.2, 0.25) is 0 Å². The third-order valence-electron chi connectivity index (χ3n) is 1.30. The van der Waals surface area contributed by atoms with E-state index in [0.29, 0.717) is 0 Å². The Labute approximate surface area is 55.6 Å². The second kappa shape index (κ2) is 2.53. The lowest BCUT2D eigenvalue weighted by Gasteiger charge is -1.93. The average molecular weight is 121 g/mol. The molecule has 0 saturated carbocycles. The van der Waals surface area contributed by atoms with E-state index in [-0.39, 0.29) is 0 Å². The Morgan fingerprint density at radius 2 is 2.33 bits per heavy atom. The molecule has 48 valence electrons. The number of rotatable bonds is 1. The fraction of sp³-hybridized carbons (Fsp3) is 0.250. The summed E-state index contributed by atoms with van der Waals surface area (Å²) in [7, 11) is 0. The highest BCUT2D eigenvalue weighted by Crippen LogP contribution is 1.99. The molecule has 0 saturated heterocycles. The Balaban J connectivity index is 2.94. The molecule has 0 N–H and O–H groups in total. The zero-order valence-electron chi connectivity index (χ0n) is 5.83. The highest BCUT2D eigenvalue weighted by Gasteiger charge is 1.85. The van der Waals surface area contributed by atoms with Crippen molar-refractivity contribution >= 4 is 6.20 Å². The van der Waals surface area contributed by atoms with Crippen LogP contribution < -0.4 is 0 Å². The maximum atomic E-state index is 2.08. The predicted octanol–water partition coefficient (Wildman–Crippen LogP) is 2.29. The van der Waals surface area contributed by atoms with Crippen molar-refractivity contribution in [3.63, 3.8) is 0 Å². The van der Waals surface area contributed by atoms with Crippen LogP contribution in [0.25, 0.3) is 6.20 Å². The van der Waals surface area contributed by atoms with Crippen LogP contribution in [-0.4, -0.2) is 4.57 Å². The summed E-state index contributed by atoms with van der Waals surface area (Å²) >= 11 is 0. The summed E-state index contributed by atoms with van der Waals surface area (Å²) in [4.78, 5) is 0. The minimum atomic E-state index is 1.27. The summed E-state index contributed by atoms with van der Waals surface area (Å²) in [6, 6.07) is 4.12. The second-order valence-corrected chi connectivity index (χ2v) is 2.04. The molecule has 0 spiro atoms. The highest BCUT2D eigenvalue weighted by atomic mass is 14.9. The Hall–Kier alpha value is -0.980. The van der Waals surface area contributed by atoms with Crippen molar-refractivity contribution in [1.29, 1.82) is 0 Å². The van der Waals surface area contributed by atoms with E-state index in [1.165, 1.54) is 5.69 Å². The number of hydrogen-bond acceptors (Lipinski definition) is 0. The minimum absolute atomic E-state index is 1.27. The summed E-state index contributed by atoms with van der Waals surface area (Å²) in [6.07, 6.45) is 6.09. The normalized spacial score (nSPS) is 10.9. The fourth-order valence-corrected chi connectivity index (χ4v) is 0.807. The van der Waals surface area contributed by atoms with Gasteiger partial charge in [-0.25, -0.2) is 0 Å². The minimum Gasteiger partial charge on any atom is -0.328 e. The molecule has 1 aromatic heterocycles. The Morgan fingerprint density at radius 1 is 1.56 bits per heavy atom. The number of aromatic nitrogens is 1. The highest BCUT2D eigenvalue weighted by molar-refractivity contribution is 5.26. The summed E-state index contributed by atoms with van der Waals surface area (Å²) in [5, 5.41) is 0. The van der Waals surface area contributed by atoms with E-state index in [9.17, 15) is 0 Å². The zero-order valence-corrected chi connectivity index (χ0v) is 5.83. The van der Waals surface area contributed by atoms with Gasteiger partial charge in [0.15, 0.2) is 0 Å². The van der Waals surface area contributed by atoms with Gasteiger partial charge in [-0.15, -0.1) is 0 Å². The third kappa shape index (κ3) is 1.22. The first-order chi connectivity index (χ1) is 4.34. The lowest BCUT2D eigenvalue weighted by molar-refractivity contribution is 1.08. The molecule has 0 aromatic carbocycles. The van der Waals surface area contributed by atoms with Crippen molar-refractivity contribution in [2.45, 2.75) is 13.8 Å². The van der Waals surface area contributed by atoms with E-state index in [1.807, 2.05) is 31.5 Å². The molecule has 0 radical (unpaired) electrons. The molecule has 0 aliphatic heterocycles. The SMILES string of the molecule is C/C=C\n1cccc1C. The van der Waals surface area contributed by atoms with Crippen molar-refractivity contribution in [1.82, 2.24) is 4.57 Å². The maximum absolute atomic E-state index is 2.08. The van der Waals surface area contributed by atoms with Crippen molar-refractivity contribution in [3.8, 4) is 0 Å². The van der Waals surface area contributed by atoms with Gasteiger partial charge >= 0.3 is 0 Å². The lowest BCUT2D eigenvalue weighted by Crippen LogP contribution is -1.83. The van der Waals surface area contributed by atoms with Crippen molar-refractivity contribution in [2.24, 2.45) is 0 Å². The molecule has 1 heterocycles. The van der Waals surface area contributed by atoms with Crippen LogP contribution in [0.5, 0.6) is 0 Å². The maximum Gasteiger partial charge on any atom is 0.0189 e. The molecule has 0 unspecified atom stereocenters. The molecule has 0 amide bonds. The topological polar surface area (TPSA) is 4.93 Å². The number of nitrogens with zero attached hydrogens (tertiary/aromatic N) is 1. The van der Waals surface area contributed by atoms with E-state index in [4.69, 9.17) is 0 Å². The molecule has 1 nitrogen and oxygen atoms in total. The first kappa shape index (κ1) is 6.14. The molecule has 9 heavy (non-hydrogen) atoms. The summed E-state index contributed by atoms with van der Waals surface area (Å²) < 4.78 is 2.08. The van der Waals surface area contributed by atoms with Crippen LogP contribution in [0.4, 0.5) is 0 Å². The summed E-state index contributed by atoms with van der Waals surface area (Å²) in [5.41, 5.74) is 1.27. The largest absolute Gasteiger partial charge is 0.328 e. The van der Waals surface area contributed by atoms with Crippen LogP contribution in [0.15, 0.2) is 24.4 Å². The van der Waals surface area contributed by atoms with E-state index in [2.05, 4.69) is 17.6 Å². The Morgan fingerprint density at radius 3 is 2.78 bits per heavy atom. The predicted molar refractivity (Wildman–Crippen MR) is 40.2 cm³/mol. The van der Waals surface area contributed by atoms with Crippen LogP contribution in [0.2, 0.25) is 0 Å². The van der Waals surface area contributed by atoms with Crippen LogP contribution in [0.3, 0.4) is 0 Å². The van der Waals surface area contributed by atoms with Crippen LogP contribution in [0.1, 0.15) is 12.6 Å². The molecular weight excluding hydrogens is 110 g/mol. The number of hydrogen-bond donors (Lipinski definition) is 0. The first-order valence-electron chi connectivity index (χ1n) is 3.11. The molecular formula is C8H11N. The van der Waals surface area contributed by atoms with Gasteiger partial charge in [0.1, 0.15) is 0 Å². The van der Waals surface area contributed by atoms with Gasteiger partial charge in [-0.1, -0.05) is 6.08 Å². The molecule has 0 aliphatic rings. The van der Waals surface area contributed by atoms with Gasteiger partial charge in [-0.2, -0.15) is 0 Å². The van der Waals surface area contributed by atoms with E-state index in [1.54, 1.807) is 0 Å². The van der Waals surface area contributed by atoms with Gasteiger partial charge in [-0.3, -0.25) is 0 Å². The zero-order chi connectivity index (χ0) is 6.69. The molecule has 0 fully saturated rings. The van der Waals surface area contributed by atoms with Crippen molar-refractivity contribution in [3.05, 3.63) is 30.1 Å². The Bertz CT molecular complexity index is 208. The molecule has 1 aromatic rings. The lowest BCUT2D eigenvalue weighted by atomic mass is 10.5. The molecule has 0 atom stereocenters. The van der Waals surface area contributed by atoms with E-state index < -0.39 is 0 Å². The fourth-order valence-electron chi connectivity index (χ4n) is 0.807. The number of aryl methyl sites for hydroxylation is 1. The second-order valence-electron chi connectivity index (χ2n) is 2.04. The van der Waals surface area contributed by atoms with Gasteiger partial charge in [0, 0.05) is 18.1 Å². The van der Waals surface area contributed by atoms with Crippen LogP contribution in [0, 0.1) is 6.92 Å². The first-order valence-corrected chi connectivity index (χ1v) is 3.11. The van der Waals surface area contributed by atoms with Crippen molar-refractivity contribution < 1.29 is 0 Å². The van der Waals surface area contributed by atoms with Gasteiger partial charge < -0.3 is 4.57 Å². The summed E-state index contributed by atoms with van der Waals surface area (Å²) in [5.74, 6) is 0. The molecule has 0 aliphatic carbocycles. The monoisotopic (exact) mass is 121 g/mol. The molecule has 0 bridgehead atoms. The molecule has 1 heteroatoms. The average Bonchev–Trinajstić information content (AvgIpc) is 2.18.